The molecule has 1 atom stereocenters. The van der Waals surface area contributed by atoms with E-state index in [2.05, 4.69) is 41.9 Å². The van der Waals surface area contributed by atoms with Crippen molar-refractivity contribution in [3.63, 3.8) is 0 Å². The summed E-state index contributed by atoms with van der Waals surface area (Å²) in [5.74, 6) is 7.88. The number of rotatable bonds is 13. The van der Waals surface area contributed by atoms with Crippen molar-refractivity contribution in [2.75, 3.05) is 32.2 Å². The van der Waals surface area contributed by atoms with Gasteiger partial charge >= 0.3 is 0 Å². The monoisotopic (exact) mass is 555 g/mol. The number of ether oxygens (including phenoxy) is 2. The number of halogens is 2. The lowest BCUT2D eigenvalue weighted by Gasteiger charge is -2.27. The molecule has 2 aromatic rings. The summed E-state index contributed by atoms with van der Waals surface area (Å²) in [5, 5.41) is 20.8. The number of aliphatic hydroxyl groups excluding tert-OH is 2. The van der Waals surface area contributed by atoms with Gasteiger partial charge in [-0.15, -0.1) is 11.6 Å². The molecule has 2 rings (SSSR count). The van der Waals surface area contributed by atoms with Gasteiger partial charge in [0.25, 0.3) is 0 Å². The molecule has 34 heavy (non-hydrogen) atoms. The number of hydrogen-bond donors (Lipinski definition) is 4. The number of hydrazine groups is 1. The molecule has 0 saturated heterocycles. The third-order valence-corrected chi connectivity index (χ3v) is 6.45. The number of aliphatic hydroxyl groups is 2. The Bertz CT molecular complexity index is 950. The minimum absolute atomic E-state index is 0.0525. The molecule has 6 N–H and O–H groups in total. The van der Waals surface area contributed by atoms with E-state index >= 15 is 0 Å². The Morgan fingerprint density at radius 3 is 2.35 bits per heavy atom. The Balaban J connectivity index is 2.00. The minimum atomic E-state index is -0.857. The van der Waals surface area contributed by atoms with E-state index in [9.17, 15) is 10.2 Å². The van der Waals surface area contributed by atoms with Crippen molar-refractivity contribution in [2.24, 2.45) is 11.6 Å². The van der Waals surface area contributed by atoms with Gasteiger partial charge in [-0.3, -0.25) is 0 Å². The van der Waals surface area contributed by atoms with Crippen molar-refractivity contribution in [2.45, 2.75) is 38.7 Å². The number of allylic oxidation sites excluding steroid dienone is 1. The summed E-state index contributed by atoms with van der Waals surface area (Å²) in [4.78, 5) is 0. The van der Waals surface area contributed by atoms with Crippen LogP contribution in [0.25, 0.3) is 0 Å². The van der Waals surface area contributed by atoms with Crippen LogP contribution in [0.3, 0.4) is 0 Å². The molecule has 0 aliphatic heterocycles. The fraction of sp³-hybridized carbons (Fsp3) is 0.440. The number of hydrogen-bond acceptors (Lipinski definition) is 7. The molecule has 0 bridgehead atoms. The lowest BCUT2D eigenvalue weighted by molar-refractivity contribution is 0.0741. The molecule has 1 unspecified atom stereocenters. The summed E-state index contributed by atoms with van der Waals surface area (Å²) < 4.78 is 12.4. The minimum Gasteiger partial charge on any atom is -0.492 e. The molecule has 0 aliphatic rings. The third-order valence-electron chi connectivity index (χ3n) is 5.57. The first-order valence-corrected chi connectivity index (χ1v) is 12.4. The lowest BCUT2D eigenvalue weighted by Crippen LogP contribution is -2.41. The van der Waals surface area contributed by atoms with Gasteiger partial charge in [0.2, 0.25) is 0 Å². The molecule has 0 amide bonds. The Morgan fingerprint density at radius 2 is 1.79 bits per heavy atom. The van der Waals surface area contributed by atoms with Crippen molar-refractivity contribution in [1.29, 1.82) is 0 Å². The molecule has 2 aromatic carbocycles. The largest absolute Gasteiger partial charge is 0.492 e. The van der Waals surface area contributed by atoms with E-state index in [0.29, 0.717) is 29.6 Å². The second kappa shape index (κ2) is 13.2. The zero-order valence-corrected chi connectivity index (χ0v) is 22.3. The van der Waals surface area contributed by atoms with Gasteiger partial charge in [0, 0.05) is 17.0 Å². The van der Waals surface area contributed by atoms with Crippen molar-refractivity contribution in [1.82, 2.24) is 5.01 Å². The van der Waals surface area contributed by atoms with Gasteiger partial charge in [0.15, 0.2) is 0 Å². The molecule has 0 spiro atoms. The van der Waals surface area contributed by atoms with Crippen LogP contribution in [0.15, 0.2) is 58.3 Å². The van der Waals surface area contributed by atoms with E-state index in [0.717, 1.165) is 27.8 Å². The maximum absolute atomic E-state index is 10.2. The average molecular weight is 557 g/mol. The molecule has 0 fully saturated rings. The quantitative estimate of drug-likeness (QED) is 0.128. The van der Waals surface area contributed by atoms with E-state index in [1.54, 1.807) is 6.92 Å². The summed E-state index contributed by atoms with van der Waals surface area (Å²) in [6, 6.07) is 13.9. The fourth-order valence-corrected chi connectivity index (χ4v) is 4.00. The van der Waals surface area contributed by atoms with Crippen LogP contribution < -0.4 is 21.1 Å². The van der Waals surface area contributed by atoms with E-state index in [-0.39, 0.29) is 25.2 Å². The van der Waals surface area contributed by atoms with Crippen LogP contribution in [-0.4, -0.2) is 53.6 Å². The highest BCUT2D eigenvalue weighted by Crippen LogP contribution is 2.36. The molecule has 0 saturated carbocycles. The highest BCUT2D eigenvalue weighted by atomic mass is 79.9. The molecule has 0 radical (unpaired) electrons. The van der Waals surface area contributed by atoms with Gasteiger partial charge < -0.3 is 30.4 Å². The topological polar surface area (TPSA) is 114 Å². The number of nitrogens with two attached hydrogens (primary N) is 2. The Morgan fingerprint density at radius 1 is 1.15 bits per heavy atom. The predicted octanol–water partition coefficient (Wildman–Crippen LogP) is 3.88. The number of benzene rings is 2. The van der Waals surface area contributed by atoms with Gasteiger partial charge in [0.1, 0.15) is 24.2 Å². The summed E-state index contributed by atoms with van der Waals surface area (Å²) in [6.45, 7) is 6.36. The highest BCUT2D eigenvalue weighted by molar-refractivity contribution is 9.10. The first kappa shape index (κ1) is 28.3. The van der Waals surface area contributed by atoms with Gasteiger partial charge in [-0.25, -0.2) is 5.84 Å². The Kier molecular flexibility index (Phi) is 11.0. The Hall–Kier alpha value is -1.97. The third kappa shape index (κ3) is 7.78. The van der Waals surface area contributed by atoms with Crippen LogP contribution in [0.5, 0.6) is 11.5 Å². The van der Waals surface area contributed by atoms with Crippen LogP contribution in [0.4, 0.5) is 0 Å². The Labute approximate surface area is 215 Å². The van der Waals surface area contributed by atoms with Crippen molar-refractivity contribution in [3.05, 3.63) is 69.5 Å². The van der Waals surface area contributed by atoms with Crippen molar-refractivity contribution >= 4 is 27.5 Å². The molecular weight excluding hydrogens is 522 g/mol. The first-order chi connectivity index (χ1) is 16.1. The van der Waals surface area contributed by atoms with Crippen molar-refractivity contribution in [3.8, 4) is 11.5 Å². The van der Waals surface area contributed by atoms with Gasteiger partial charge in [-0.2, -0.15) is 0 Å². The zero-order chi connectivity index (χ0) is 25.3. The van der Waals surface area contributed by atoms with Crippen molar-refractivity contribution < 1.29 is 19.7 Å². The van der Waals surface area contributed by atoms with Crippen LogP contribution in [0.1, 0.15) is 38.3 Å². The summed E-state index contributed by atoms with van der Waals surface area (Å²) in [5.41, 5.74) is 8.47. The fourth-order valence-electron chi connectivity index (χ4n) is 3.40. The molecule has 0 aliphatic carbocycles. The van der Waals surface area contributed by atoms with E-state index in [1.807, 2.05) is 30.3 Å². The average Bonchev–Trinajstić information content (AvgIpc) is 2.79. The normalized spacial score (nSPS) is 13.3. The first-order valence-electron chi connectivity index (χ1n) is 11.1. The predicted molar refractivity (Wildman–Crippen MR) is 140 cm³/mol. The second-order valence-electron chi connectivity index (χ2n) is 8.59. The smallest absolute Gasteiger partial charge is 0.133 e. The maximum Gasteiger partial charge on any atom is 0.133 e. The number of alkyl halides is 1. The van der Waals surface area contributed by atoms with E-state index in [1.165, 1.54) is 5.01 Å². The standard InChI is InChI=1S/C25H35BrClN3O4/c1-17(28)23(15-31)30(29)14-20(32)16-34-21-8-5-18(6-9-21)25(2,3)19-7-10-24(22(26)13-19)33-12-4-11-27/h5-10,13,20,31-32H,4,11-12,14-16,28-29H2,1-3H3/b23-17-. The zero-order valence-electron chi connectivity index (χ0n) is 19.9. The second-order valence-corrected chi connectivity index (χ2v) is 9.82. The summed E-state index contributed by atoms with van der Waals surface area (Å²) in [7, 11) is 0. The van der Waals surface area contributed by atoms with E-state index in [4.69, 9.17) is 32.7 Å². The molecule has 0 aromatic heterocycles. The van der Waals surface area contributed by atoms with E-state index < -0.39 is 6.10 Å². The molecule has 188 valence electrons. The molecule has 0 heterocycles. The highest BCUT2D eigenvalue weighted by Gasteiger charge is 2.24. The van der Waals surface area contributed by atoms with Gasteiger partial charge in [-0.05, 0) is 64.7 Å². The van der Waals surface area contributed by atoms with Gasteiger partial charge in [0.05, 0.1) is 29.9 Å². The molecule has 9 heteroatoms. The SMILES string of the molecule is C/C(N)=C(\CO)N(N)CC(O)COc1ccc(C(C)(C)c2ccc(OCCCCl)c(Br)c2)cc1. The van der Waals surface area contributed by atoms with Gasteiger partial charge in [-0.1, -0.05) is 32.0 Å². The van der Waals surface area contributed by atoms with Crippen LogP contribution in [-0.2, 0) is 5.41 Å². The number of nitrogens with zero attached hydrogens (tertiary/aromatic N) is 1. The van der Waals surface area contributed by atoms with Crippen LogP contribution in [0, 0.1) is 0 Å². The summed E-state index contributed by atoms with van der Waals surface area (Å²) in [6.07, 6.45) is -0.0600. The molecule has 7 nitrogen and oxygen atoms in total. The lowest BCUT2D eigenvalue weighted by atomic mass is 9.78. The maximum atomic E-state index is 10.2. The molecular formula is C25H35BrClN3O4. The van der Waals surface area contributed by atoms with Crippen LogP contribution >= 0.6 is 27.5 Å². The van der Waals surface area contributed by atoms with Crippen LogP contribution in [0.2, 0.25) is 0 Å². The summed E-state index contributed by atoms with van der Waals surface area (Å²) >= 11 is 9.33.